The van der Waals surface area contributed by atoms with Gasteiger partial charge in [0.25, 0.3) is 0 Å². The molecular weight excluding hydrogens is 292 g/mol. The van der Waals surface area contributed by atoms with Gasteiger partial charge in [-0.05, 0) is 40.2 Å². The lowest BCUT2D eigenvalue weighted by atomic mass is 10.1. The molecule has 2 heterocycles. The van der Waals surface area contributed by atoms with Crippen molar-refractivity contribution in [3.8, 4) is 17.0 Å². The van der Waals surface area contributed by atoms with Crippen molar-refractivity contribution >= 4 is 21.6 Å². The van der Waals surface area contributed by atoms with Gasteiger partial charge in [-0.2, -0.15) is 0 Å². The lowest BCUT2D eigenvalue weighted by molar-refractivity contribution is 0.416. The van der Waals surface area contributed by atoms with E-state index in [2.05, 4.69) is 20.9 Å². The first kappa shape index (κ1) is 11.3. The van der Waals surface area contributed by atoms with Gasteiger partial charge in [0.15, 0.2) is 5.65 Å². The molecule has 0 spiro atoms. The normalized spacial score (nSPS) is 10.8. The monoisotopic (exact) mass is 302 g/mol. The molecule has 0 unspecified atom stereocenters. The zero-order valence-corrected chi connectivity index (χ0v) is 11.4. The van der Waals surface area contributed by atoms with Crippen LogP contribution in [-0.4, -0.2) is 16.5 Å². The fourth-order valence-electron chi connectivity index (χ4n) is 1.96. The van der Waals surface area contributed by atoms with E-state index in [1.54, 1.807) is 7.11 Å². The third-order valence-electron chi connectivity index (χ3n) is 2.82. The molecule has 0 fully saturated rings. The molecule has 2 aromatic heterocycles. The minimum atomic E-state index is 0.831. The molecule has 0 saturated heterocycles. The Kier molecular flexibility index (Phi) is 2.80. The van der Waals surface area contributed by atoms with Crippen LogP contribution in [0.5, 0.6) is 5.75 Å². The van der Waals surface area contributed by atoms with Crippen molar-refractivity contribution in [1.82, 2.24) is 9.38 Å². The summed E-state index contributed by atoms with van der Waals surface area (Å²) in [7, 11) is 1.67. The predicted molar refractivity (Wildman–Crippen MR) is 74.9 cm³/mol. The number of nitrogens with zero attached hydrogens (tertiary/aromatic N) is 2. The number of fused-ring (bicyclic) bond motifs is 1. The van der Waals surface area contributed by atoms with Crippen molar-refractivity contribution in [3.63, 3.8) is 0 Å². The highest BCUT2D eigenvalue weighted by Crippen LogP contribution is 2.30. The Morgan fingerprint density at radius 3 is 2.78 bits per heavy atom. The minimum absolute atomic E-state index is 0.831. The van der Waals surface area contributed by atoms with Gasteiger partial charge in [0.2, 0.25) is 0 Å². The SMILES string of the molecule is COc1ccccc1-c1cn2cccc(Br)c2n1. The summed E-state index contributed by atoms with van der Waals surface area (Å²) in [6, 6.07) is 11.8. The van der Waals surface area contributed by atoms with Gasteiger partial charge in [-0.15, -0.1) is 0 Å². The van der Waals surface area contributed by atoms with Crippen molar-refractivity contribution in [1.29, 1.82) is 0 Å². The van der Waals surface area contributed by atoms with Gasteiger partial charge in [0.05, 0.1) is 17.3 Å². The molecule has 90 valence electrons. The molecule has 0 bridgehead atoms. The van der Waals surface area contributed by atoms with E-state index in [4.69, 9.17) is 4.74 Å². The molecule has 0 N–H and O–H groups in total. The van der Waals surface area contributed by atoms with Crippen LogP contribution in [-0.2, 0) is 0 Å². The van der Waals surface area contributed by atoms with E-state index in [9.17, 15) is 0 Å². The molecule has 3 aromatic rings. The number of hydrogen-bond donors (Lipinski definition) is 0. The number of benzene rings is 1. The van der Waals surface area contributed by atoms with Gasteiger partial charge < -0.3 is 9.14 Å². The summed E-state index contributed by atoms with van der Waals surface area (Å²) in [6.07, 6.45) is 3.98. The highest BCUT2D eigenvalue weighted by molar-refractivity contribution is 9.10. The second-order valence-electron chi connectivity index (χ2n) is 3.91. The maximum Gasteiger partial charge on any atom is 0.151 e. The molecule has 3 nitrogen and oxygen atoms in total. The molecule has 0 radical (unpaired) electrons. The number of rotatable bonds is 2. The lowest BCUT2D eigenvalue weighted by Gasteiger charge is -2.04. The molecule has 0 saturated carbocycles. The molecule has 4 heteroatoms. The third-order valence-corrected chi connectivity index (χ3v) is 3.44. The van der Waals surface area contributed by atoms with E-state index in [-0.39, 0.29) is 0 Å². The highest BCUT2D eigenvalue weighted by Gasteiger charge is 2.10. The number of aromatic nitrogens is 2. The molecule has 0 atom stereocenters. The van der Waals surface area contributed by atoms with Crippen LogP contribution in [0.1, 0.15) is 0 Å². The van der Waals surface area contributed by atoms with E-state index in [1.807, 2.05) is 53.2 Å². The number of pyridine rings is 1. The number of methoxy groups -OCH3 is 1. The summed E-state index contributed by atoms with van der Waals surface area (Å²) in [5, 5.41) is 0. The second kappa shape index (κ2) is 4.46. The number of imidazole rings is 1. The Morgan fingerprint density at radius 2 is 2.00 bits per heavy atom. The van der Waals surface area contributed by atoms with Crippen molar-refractivity contribution in [2.45, 2.75) is 0 Å². The van der Waals surface area contributed by atoms with Crippen LogP contribution in [0, 0.1) is 0 Å². The van der Waals surface area contributed by atoms with Crippen molar-refractivity contribution in [3.05, 3.63) is 53.3 Å². The average Bonchev–Trinajstić information content (AvgIpc) is 2.84. The van der Waals surface area contributed by atoms with E-state index < -0.39 is 0 Å². The van der Waals surface area contributed by atoms with E-state index in [0.717, 1.165) is 27.1 Å². The molecule has 0 aliphatic carbocycles. The summed E-state index contributed by atoms with van der Waals surface area (Å²) >= 11 is 3.50. The van der Waals surface area contributed by atoms with Crippen LogP contribution >= 0.6 is 15.9 Å². The first-order valence-corrected chi connectivity index (χ1v) is 6.35. The van der Waals surface area contributed by atoms with E-state index >= 15 is 0 Å². The molecular formula is C14H11BrN2O. The maximum atomic E-state index is 5.37. The fourth-order valence-corrected chi connectivity index (χ4v) is 2.41. The summed E-state index contributed by atoms with van der Waals surface area (Å²) in [6.45, 7) is 0. The van der Waals surface area contributed by atoms with Crippen molar-refractivity contribution in [2.75, 3.05) is 7.11 Å². The van der Waals surface area contributed by atoms with Crippen molar-refractivity contribution < 1.29 is 4.74 Å². The highest BCUT2D eigenvalue weighted by atomic mass is 79.9. The topological polar surface area (TPSA) is 26.5 Å². The van der Waals surface area contributed by atoms with Crippen LogP contribution < -0.4 is 4.74 Å². The molecule has 0 amide bonds. The zero-order valence-electron chi connectivity index (χ0n) is 9.80. The Bertz CT molecular complexity index is 706. The number of halogens is 1. The Balaban J connectivity index is 2.23. The number of ether oxygens (including phenoxy) is 1. The number of hydrogen-bond acceptors (Lipinski definition) is 2. The molecule has 18 heavy (non-hydrogen) atoms. The third kappa shape index (κ3) is 1.78. The lowest BCUT2D eigenvalue weighted by Crippen LogP contribution is -1.86. The largest absolute Gasteiger partial charge is 0.496 e. The van der Waals surface area contributed by atoms with Crippen LogP contribution in [0.25, 0.3) is 16.9 Å². The van der Waals surface area contributed by atoms with Gasteiger partial charge in [-0.1, -0.05) is 12.1 Å². The van der Waals surface area contributed by atoms with Gasteiger partial charge >= 0.3 is 0 Å². The fraction of sp³-hybridized carbons (Fsp3) is 0.0714. The Hall–Kier alpha value is -1.81. The standard InChI is InChI=1S/C14H11BrN2O/c1-18-13-7-3-2-5-10(13)12-9-17-8-4-6-11(15)14(17)16-12/h2-9H,1H3. The predicted octanol–water partition coefficient (Wildman–Crippen LogP) is 3.77. The van der Waals surface area contributed by atoms with E-state index in [1.165, 1.54) is 0 Å². The first-order chi connectivity index (χ1) is 8.79. The molecule has 3 rings (SSSR count). The Labute approximate surface area is 113 Å². The summed E-state index contributed by atoms with van der Waals surface area (Å²) in [4.78, 5) is 4.63. The van der Waals surface area contributed by atoms with Crippen LogP contribution in [0.2, 0.25) is 0 Å². The smallest absolute Gasteiger partial charge is 0.151 e. The quantitative estimate of drug-likeness (QED) is 0.720. The summed E-state index contributed by atoms with van der Waals surface area (Å²) in [5.41, 5.74) is 2.80. The maximum absolute atomic E-state index is 5.37. The molecule has 0 aliphatic heterocycles. The molecule has 0 aliphatic rings. The van der Waals surface area contributed by atoms with Gasteiger partial charge in [0.1, 0.15) is 5.75 Å². The van der Waals surface area contributed by atoms with Crippen LogP contribution in [0.3, 0.4) is 0 Å². The number of para-hydroxylation sites is 1. The van der Waals surface area contributed by atoms with Crippen LogP contribution in [0.15, 0.2) is 53.3 Å². The molecule has 1 aromatic carbocycles. The summed E-state index contributed by atoms with van der Waals surface area (Å²) < 4.78 is 8.33. The van der Waals surface area contributed by atoms with Crippen molar-refractivity contribution in [2.24, 2.45) is 0 Å². The second-order valence-corrected chi connectivity index (χ2v) is 4.77. The minimum Gasteiger partial charge on any atom is -0.496 e. The summed E-state index contributed by atoms with van der Waals surface area (Å²) in [5.74, 6) is 0.831. The Morgan fingerprint density at radius 1 is 1.17 bits per heavy atom. The zero-order chi connectivity index (χ0) is 12.5. The van der Waals surface area contributed by atoms with Gasteiger partial charge in [0, 0.05) is 18.0 Å². The van der Waals surface area contributed by atoms with Gasteiger partial charge in [-0.25, -0.2) is 4.98 Å². The first-order valence-electron chi connectivity index (χ1n) is 5.56. The van der Waals surface area contributed by atoms with Crippen LogP contribution in [0.4, 0.5) is 0 Å². The average molecular weight is 303 g/mol. The van der Waals surface area contributed by atoms with Gasteiger partial charge in [-0.3, -0.25) is 0 Å². The van der Waals surface area contributed by atoms with E-state index in [0.29, 0.717) is 0 Å².